The predicted molar refractivity (Wildman–Crippen MR) is 123 cm³/mol. The molecule has 0 saturated carbocycles. The number of carbonyl (C=O) groups is 1. The minimum Gasteiger partial charge on any atom is -0.478 e. The number of benzene rings is 2. The van der Waals surface area contributed by atoms with E-state index in [-0.39, 0.29) is 10.6 Å². The molecule has 2 N–H and O–H groups in total. The Morgan fingerprint density at radius 3 is 2.69 bits per heavy atom. The third-order valence-corrected chi connectivity index (χ3v) is 5.31. The Bertz CT molecular complexity index is 1330. The van der Waals surface area contributed by atoms with Crippen LogP contribution >= 0.6 is 11.6 Å². The Labute approximate surface area is 188 Å². The van der Waals surface area contributed by atoms with Crippen molar-refractivity contribution < 1.29 is 14.3 Å². The van der Waals surface area contributed by atoms with E-state index in [9.17, 15) is 14.3 Å². The van der Waals surface area contributed by atoms with Crippen LogP contribution < -0.4 is 5.32 Å². The summed E-state index contributed by atoms with van der Waals surface area (Å²) in [6, 6.07) is 9.02. The third-order valence-electron chi connectivity index (χ3n) is 5.02. The Kier molecular flexibility index (Phi) is 6.16. The quantitative estimate of drug-likeness (QED) is 0.384. The molecule has 2 aromatic carbocycles. The molecule has 0 fully saturated rings. The highest BCUT2D eigenvalue weighted by molar-refractivity contribution is 6.31. The van der Waals surface area contributed by atoms with Gasteiger partial charge in [0.05, 0.1) is 16.1 Å². The van der Waals surface area contributed by atoms with Crippen LogP contribution in [-0.4, -0.2) is 51.6 Å². The van der Waals surface area contributed by atoms with Gasteiger partial charge >= 0.3 is 5.97 Å². The number of aromatic carboxylic acids is 1. The van der Waals surface area contributed by atoms with Crippen LogP contribution in [0.1, 0.15) is 22.6 Å². The summed E-state index contributed by atoms with van der Waals surface area (Å²) in [6.07, 6.45) is 3.34. The summed E-state index contributed by atoms with van der Waals surface area (Å²) >= 11 is 5.93. The molecule has 0 saturated heterocycles. The van der Waals surface area contributed by atoms with Gasteiger partial charge in [-0.15, -0.1) is 0 Å². The molecule has 0 bridgehead atoms. The largest absolute Gasteiger partial charge is 0.478 e. The number of pyridine rings is 1. The molecular formula is C23H21ClFN5O2. The van der Waals surface area contributed by atoms with Gasteiger partial charge in [-0.2, -0.15) is 0 Å². The van der Waals surface area contributed by atoms with Crippen LogP contribution in [0, 0.1) is 5.82 Å². The fraction of sp³-hybridized carbons (Fsp3) is 0.217. The van der Waals surface area contributed by atoms with Crippen LogP contribution in [-0.2, 0) is 6.42 Å². The van der Waals surface area contributed by atoms with E-state index in [4.69, 9.17) is 16.6 Å². The van der Waals surface area contributed by atoms with Gasteiger partial charge in [-0.1, -0.05) is 17.7 Å². The molecule has 0 aliphatic carbocycles. The van der Waals surface area contributed by atoms with E-state index in [1.807, 2.05) is 14.1 Å². The summed E-state index contributed by atoms with van der Waals surface area (Å²) in [4.78, 5) is 27.4. The number of hydrogen-bond acceptors (Lipinski definition) is 6. The molecule has 0 atom stereocenters. The lowest BCUT2D eigenvalue weighted by atomic mass is 10.1. The van der Waals surface area contributed by atoms with E-state index in [0.29, 0.717) is 34.8 Å². The van der Waals surface area contributed by atoms with Gasteiger partial charge in [0.15, 0.2) is 5.82 Å². The molecule has 2 aromatic heterocycles. The minimum absolute atomic E-state index is 0.0211. The molecule has 4 aromatic rings. The molecule has 0 aliphatic heterocycles. The number of aryl methyl sites for hydroxylation is 1. The van der Waals surface area contributed by atoms with Crippen molar-refractivity contribution in [2.75, 3.05) is 26.0 Å². The number of anilines is 2. The first kappa shape index (κ1) is 21.9. The second-order valence-electron chi connectivity index (χ2n) is 7.71. The predicted octanol–water partition coefficient (Wildman–Crippen LogP) is 4.91. The van der Waals surface area contributed by atoms with E-state index < -0.39 is 11.8 Å². The average Bonchev–Trinajstić information content (AvgIpc) is 2.75. The maximum atomic E-state index is 13.6. The highest BCUT2D eigenvalue weighted by atomic mass is 35.5. The van der Waals surface area contributed by atoms with Crippen molar-refractivity contribution in [2.45, 2.75) is 12.8 Å². The number of carboxylic acid groups (broad SMARTS) is 1. The zero-order valence-corrected chi connectivity index (χ0v) is 18.3. The lowest BCUT2D eigenvalue weighted by Crippen LogP contribution is -2.14. The van der Waals surface area contributed by atoms with Crippen molar-refractivity contribution in [2.24, 2.45) is 0 Å². The Balaban J connectivity index is 1.84. The summed E-state index contributed by atoms with van der Waals surface area (Å²) in [5, 5.41) is 14.0. The fourth-order valence-corrected chi connectivity index (χ4v) is 3.61. The molecule has 0 radical (unpaired) electrons. The SMILES string of the molecule is CN(C)CCCc1ncc2c(n1)c(Nc1ccc(F)c(Cl)c1)nc1cc(C(=O)O)ccc12. The highest BCUT2D eigenvalue weighted by Crippen LogP contribution is 2.31. The third kappa shape index (κ3) is 4.61. The lowest BCUT2D eigenvalue weighted by Gasteiger charge is -2.13. The van der Waals surface area contributed by atoms with Crippen molar-refractivity contribution in [3.63, 3.8) is 0 Å². The number of fused-ring (bicyclic) bond motifs is 3. The maximum Gasteiger partial charge on any atom is 0.335 e. The molecule has 0 amide bonds. The zero-order valence-electron chi connectivity index (χ0n) is 17.6. The smallest absolute Gasteiger partial charge is 0.335 e. The van der Waals surface area contributed by atoms with E-state index >= 15 is 0 Å². The van der Waals surface area contributed by atoms with Gasteiger partial charge in [0.25, 0.3) is 0 Å². The first-order valence-electron chi connectivity index (χ1n) is 10.0. The molecular weight excluding hydrogens is 433 g/mol. The van der Waals surface area contributed by atoms with Gasteiger partial charge in [0.2, 0.25) is 0 Å². The van der Waals surface area contributed by atoms with Crippen molar-refractivity contribution in [3.05, 3.63) is 64.8 Å². The summed E-state index contributed by atoms with van der Waals surface area (Å²) in [5.74, 6) is -0.469. The molecule has 0 spiro atoms. The summed E-state index contributed by atoms with van der Waals surface area (Å²) in [5.41, 5.74) is 1.74. The number of nitrogens with zero attached hydrogens (tertiary/aromatic N) is 4. The molecule has 0 aliphatic rings. The van der Waals surface area contributed by atoms with Crippen LogP contribution in [0.15, 0.2) is 42.6 Å². The number of nitrogens with one attached hydrogen (secondary N) is 1. The van der Waals surface area contributed by atoms with Gasteiger partial charge in [0, 0.05) is 29.1 Å². The number of halogens is 2. The van der Waals surface area contributed by atoms with Crippen LogP contribution in [0.4, 0.5) is 15.9 Å². The number of hydrogen-bond donors (Lipinski definition) is 2. The summed E-state index contributed by atoms with van der Waals surface area (Å²) < 4.78 is 13.6. The summed E-state index contributed by atoms with van der Waals surface area (Å²) in [7, 11) is 4.02. The second kappa shape index (κ2) is 9.02. The topological polar surface area (TPSA) is 91.2 Å². The van der Waals surface area contributed by atoms with Crippen LogP contribution in [0.5, 0.6) is 0 Å². The van der Waals surface area contributed by atoms with Crippen LogP contribution in [0.3, 0.4) is 0 Å². The minimum atomic E-state index is -1.04. The first-order chi connectivity index (χ1) is 15.3. The second-order valence-corrected chi connectivity index (χ2v) is 8.11. The highest BCUT2D eigenvalue weighted by Gasteiger charge is 2.14. The number of carboxylic acids is 1. The van der Waals surface area contributed by atoms with Gasteiger partial charge < -0.3 is 15.3 Å². The van der Waals surface area contributed by atoms with Crippen LogP contribution in [0.2, 0.25) is 5.02 Å². The average molecular weight is 454 g/mol. The molecule has 0 unspecified atom stereocenters. The van der Waals surface area contributed by atoms with Gasteiger partial charge in [-0.05, 0) is 57.4 Å². The molecule has 32 heavy (non-hydrogen) atoms. The standard InChI is InChI=1S/C23H21ClFN5O2/c1-30(2)9-3-4-20-26-12-16-15-7-5-13(23(31)32)10-19(15)28-22(21(16)29-20)27-14-6-8-18(25)17(24)11-14/h5-8,10-12H,3-4,9H2,1-2H3,(H,27,28)(H,31,32). The maximum absolute atomic E-state index is 13.6. The summed E-state index contributed by atoms with van der Waals surface area (Å²) in [6.45, 7) is 0.911. The number of rotatable bonds is 7. The van der Waals surface area contributed by atoms with E-state index in [1.165, 1.54) is 24.3 Å². The van der Waals surface area contributed by atoms with Gasteiger partial charge in [-0.25, -0.2) is 24.1 Å². The number of aromatic nitrogens is 3. The Morgan fingerprint density at radius 2 is 1.97 bits per heavy atom. The van der Waals surface area contributed by atoms with Crippen molar-refractivity contribution >= 4 is 50.9 Å². The zero-order chi connectivity index (χ0) is 22.8. The molecule has 2 heterocycles. The first-order valence-corrected chi connectivity index (χ1v) is 10.4. The Hall–Kier alpha value is -3.36. The van der Waals surface area contributed by atoms with Crippen LogP contribution in [0.25, 0.3) is 21.8 Å². The normalized spacial score (nSPS) is 11.4. The van der Waals surface area contributed by atoms with Crippen molar-refractivity contribution in [3.8, 4) is 0 Å². The Morgan fingerprint density at radius 1 is 1.16 bits per heavy atom. The van der Waals surface area contributed by atoms with Crippen molar-refractivity contribution in [1.82, 2.24) is 19.9 Å². The molecule has 7 nitrogen and oxygen atoms in total. The lowest BCUT2D eigenvalue weighted by molar-refractivity contribution is 0.0697. The molecule has 9 heteroatoms. The van der Waals surface area contributed by atoms with E-state index in [2.05, 4.69) is 20.2 Å². The van der Waals surface area contributed by atoms with Gasteiger partial charge in [0.1, 0.15) is 17.2 Å². The van der Waals surface area contributed by atoms with Crippen molar-refractivity contribution in [1.29, 1.82) is 0 Å². The van der Waals surface area contributed by atoms with E-state index in [0.717, 1.165) is 23.7 Å². The fourth-order valence-electron chi connectivity index (χ4n) is 3.43. The van der Waals surface area contributed by atoms with Gasteiger partial charge in [-0.3, -0.25) is 0 Å². The van der Waals surface area contributed by atoms with E-state index in [1.54, 1.807) is 18.3 Å². The molecule has 4 rings (SSSR count). The monoisotopic (exact) mass is 453 g/mol. The molecule has 164 valence electrons.